The van der Waals surface area contributed by atoms with E-state index in [1.807, 2.05) is 4.90 Å². The summed E-state index contributed by atoms with van der Waals surface area (Å²) in [5.41, 5.74) is 0.106. The smallest absolute Gasteiger partial charge is 0.338 e. The molecule has 0 bridgehead atoms. The van der Waals surface area contributed by atoms with Gasteiger partial charge in [0.2, 0.25) is 5.91 Å². The number of rotatable bonds is 3. The summed E-state index contributed by atoms with van der Waals surface area (Å²) in [6, 6.07) is 0. The number of aromatic nitrogens is 2. The van der Waals surface area contributed by atoms with Crippen LogP contribution in [-0.2, 0) is 11.3 Å². The number of hydrogen-bond donors (Lipinski definition) is 1. The fourth-order valence-electron chi connectivity index (χ4n) is 2.21. The Morgan fingerprint density at radius 3 is 2.94 bits per heavy atom. The highest BCUT2D eigenvalue weighted by Gasteiger charge is 2.21. The van der Waals surface area contributed by atoms with Gasteiger partial charge in [0.15, 0.2) is 0 Å². The maximum absolute atomic E-state index is 12.0. The van der Waals surface area contributed by atoms with Gasteiger partial charge in [-0.05, 0) is 18.8 Å². The molecule has 0 aliphatic carbocycles. The lowest BCUT2D eigenvalue weighted by molar-refractivity contribution is -0.133. The van der Waals surface area contributed by atoms with E-state index >= 15 is 0 Å². The van der Waals surface area contributed by atoms with Gasteiger partial charge in [-0.3, -0.25) is 9.48 Å². The van der Waals surface area contributed by atoms with E-state index in [0.717, 1.165) is 25.9 Å². The first-order chi connectivity index (χ1) is 8.56. The topological polar surface area (TPSA) is 75.4 Å². The second-order valence-corrected chi connectivity index (χ2v) is 4.82. The molecule has 6 heteroatoms. The predicted octanol–water partition coefficient (Wildman–Crippen LogP) is 0.840. The van der Waals surface area contributed by atoms with Gasteiger partial charge in [-0.15, -0.1) is 0 Å². The summed E-state index contributed by atoms with van der Waals surface area (Å²) in [7, 11) is 0. The van der Waals surface area contributed by atoms with E-state index in [-0.39, 0.29) is 18.0 Å². The van der Waals surface area contributed by atoms with Crippen molar-refractivity contribution in [1.29, 1.82) is 0 Å². The molecule has 1 atom stereocenters. The maximum Gasteiger partial charge on any atom is 0.338 e. The minimum absolute atomic E-state index is 0.00147. The van der Waals surface area contributed by atoms with Gasteiger partial charge in [0.05, 0.1) is 11.8 Å². The number of carboxylic acid groups (broad SMARTS) is 1. The van der Waals surface area contributed by atoms with E-state index in [2.05, 4.69) is 12.0 Å². The Bertz CT molecular complexity index is 455. The Balaban J connectivity index is 1.95. The molecule has 1 fully saturated rings. The highest BCUT2D eigenvalue weighted by atomic mass is 16.4. The number of hydrogen-bond acceptors (Lipinski definition) is 3. The highest BCUT2D eigenvalue weighted by Crippen LogP contribution is 2.15. The van der Waals surface area contributed by atoms with Crippen LogP contribution < -0.4 is 0 Å². The number of carboxylic acids is 1. The van der Waals surface area contributed by atoms with Crippen LogP contribution in [0.4, 0.5) is 0 Å². The van der Waals surface area contributed by atoms with Crippen molar-refractivity contribution in [3.8, 4) is 0 Å². The standard InChI is InChI=1S/C12H17N3O3/c1-9-3-2-4-14(6-9)11(16)8-15-7-10(5-13-15)12(17)18/h5,7,9H,2-4,6,8H2,1H3,(H,17,18). The van der Waals surface area contributed by atoms with Crippen LogP contribution in [-0.4, -0.2) is 44.8 Å². The first kappa shape index (κ1) is 12.6. The van der Waals surface area contributed by atoms with Crippen LogP contribution in [0.2, 0.25) is 0 Å². The zero-order chi connectivity index (χ0) is 13.1. The number of likely N-dealkylation sites (tertiary alicyclic amines) is 1. The van der Waals surface area contributed by atoms with Crippen LogP contribution in [0.25, 0.3) is 0 Å². The van der Waals surface area contributed by atoms with Crippen molar-refractivity contribution in [3.63, 3.8) is 0 Å². The first-order valence-corrected chi connectivity index (χ1v) is 6.10. The monoisotopic (exact) mass is 251 g/mol. The Hall–Kier alpha value is -1.85. The van der Waals surface area contributed by atoms with E-state index in [4.69, 9.17) is 5.11 Å². The van der Waals surface area contributed by atoms with Gasteiger partial charge in [-0.1, -0.05) is 6.92 Å². The summed E-state index contributed by atoms with van der Waals surface area (Å²) in [6.45, 7) is 3.82. The molecule has 1 aromatic rings. The molecule has 1 N–H and O–H groups in total. The van der Waals surface area contributed by atoms with Crippen molar-refractivity contribution in [3.05, 3.63) is 18.0 Å². The van der Waals surface area contributed by atoms with Crippen LogP contribution in [0.1, 0.15) is 30.1 Å². The van der Waals surface area contributed by atoms with Gasteiger partial charge in [-0.2, -0.15) is 5.10 Å². The number of aromatic carboxylic acids is 1. The highest BCUT2D eigenvalue weighted by molar-refractivity contribution is 5.87. The molecule has 0 saturated carbocycles. The average Bonchev–Trinajstić information content (AvgIpc) is 2.77. The van der Waals surface area contributed by atoms with Crippen LogP contribution in [0.3, 0.4) is 0 Å². The largest absolute Gasteiger partial charge is 0.478 e. The van der Waals surface area contributed by atoms with Crippen molar-refractivity contribution in [2.75, 3.05) is 13.1 Å². The molecule has 1 aliphatic rings. The molecular formula is C12H17N3O3. The lowest BCUT2D eigenvalue weighted by atomic mass is 10.0. The van der Waals surface area contributed by atoms with E-state index in [9.17, 15) is 9.59 Å². The minimum atomic E-state index is -1.03. The average molecular weight is 251 g/mol. The maximum atomic E-state index is 12.0. The Kier molecular flexibility index (Phi) is 3.64. The van der Waals surface area contributed by atoms with Crippen LogP contribution in [0.15, 0.2) is 12.4 Å². The molecule has 1 unspecified atom stereocenters. The molecule has 98 valence electrons. The summed E-state index contributed by atoms with van der Waals surface area (Å²) in [4.78, 5) is 24.5. The van der Waals surface area contributed by atoms with E-state index in [1.165, 1.54) is 17.1 Å². The van der Waals surface area contributed by atoms with Gasteiger partial charge >= 0.3 is 5.97 Å². The van der Waals surface area contributed by atoms with Gasteiger partial charge in [-0.25, -0.2) is 4.79 Å². The van der Waals surface area contributed by atoms with Crippen molar-refractivity contribution < 1.29 is 14.7 Å². The molecule has 2 heterocycles. The van der Waals surface area contributed by atoms with Gasteiger partial charge in [0.25, 0.3) is 0 Å². The third-order valence-corrected chi connectivity index (χ3v) is 3.19. The molecular weight excluding hydrogens is 234 g/mol. The van der Waals surface area contributed by atoms with E-state index in [1.54, 1.807) is 0 Å². The molecule has 6 nitrogen and oxygen atoms in total. The van der Waals surface area contributed by atoms with Crippen molar-refractivity contribution >= 4 is 11.9 Å². The van der Waals surface area contributed by atoms with Gasteiger partial charge < -0.3 is 10.0 Å². The Labute approximate surface area is 105 Å². The van der Waals surface area contributed by atoms with Crippen LogP contribution >= 0.6 is 0 Å². The Morgan fingerprint density at radius 2 is 2.33 bits per heavy atom. The number of amides is 1. The van der Waals surface area contributed by atoms with Crippen molar-refractivity contribution in [2.45, 2.75) is 26.3 Å². The van der Waals surface area contributed by atoms with E-state index < -0.39 is 5.97 Å². The summed E-state index contributed by atoms with van der Waals surface area (Å²) < 4.78 is 1.38. The number of carbonyl (C=O) groups excluding carboxylic acids is 1. The molecule has 2 rings (SSSR count). The normalized spacial score (nSPS) is 19.8. The van der Waals surface area contributed by atoms with Crippen molar-refractivity contribution in [2.24, 2.45) is 5.92 Å². The summed E-state index contributed by atoms with van der Waals surface area (Å²) in [5, 5.41) is 12.6. The Morgan fingerprint density at radius 1 is 1.56 bits per heavy atom. The lowest BCUT2D eigenvalue weighted by Gasteiger charge is -2.30. The zero-order valence-electron chi connectivity index (χ0n) is 10.4. The number of carbonyl (C=O) groups is 2. The molecule has 1 aliphatic heterocycles. The molecule has 0 aromatic carbocycles. The lowest BCUT2D eigenvalue weighted by Crippen LogP contribution is -2.40. The fourth-order valence-corrected chi connectivity index (χ4v) is 2.21. The quantitative estimate of drug-likeness (QED) is 0.863. The van der Waals surface area contributed by atoms with Crippen molar-refractivity contribution in [1.82, 2.24) is 14.7 Å². The molecule has 0 radical (unpaired) electrons. The first-order valence-electron chi connectivity index (χ1n) is 6.10. The van der Waals surface area contributed by atoms with Crippen LogP contribution in [0.5, 0.6) is 0 Å². The zero-order valence-corrected chi connectivity index (χ0v) is 10.4. The summed E-state index contributed by atoms with van der Waals surface area (Å²) in [6.07, 6.45) is 4.84. The molecule has 1 saturated heterocycles. The van der Waals surface area contributed by atoms with Crippen LogP contribution in [0, 0.1) is 5.92 Å². The third-order valence-electron chi connectivity index (χ3n) is 3.19. The molecule has 0 spiro atoms. The molecule has 1 aromatic heterocycles. The SMILES string of the molecule is CC1CCCN(C(=O)Cn2cc(C(=O)O)cn2)C1. The summed E-state index contributed by atoms with van der Waals surface area (Å²) in [5.74, 6) is -0.489. The number of piperidine rings is 1. The minimum Gasteiger partial charge on any atom is -0.478 e. The van der Waals surface area contributed by atoms with E-state index in [0.29, 0.717) is 5.92 Å². The molecule has 1 amide bonds. The van der Waals surface area contributed by atoms with Gasteiger partial charge in [0, 0.05) is 19.3 Å². The fraction of sp³-hybridized carbons (Fsp3) is 0.583. The predicted molar refractivity (Wildman–Crippen MR) is 64.2 cm³/mol. The third kappa shape index (κ3) is 2.88. The second kappa shape index (κ2) is 5.20. The molecule has 18 heavy (non-hydrogen) atoms. The number of nitrogens with zero attached hydrogens (tertiary/aromatic N) is 3. The second-order valence-electron chi connectivity index (χ2n) is 4.82. The van der Waals surface area contributed by atoms with Gasteiger partial charge in [0.1, 0.15) is 6.54 Å². The summed E-state index contributed by atoms with van der Waals surface area (Å²) >= 11 is 0.